The first-order valence-corrected chi connectivity index (χ1v) is 7.87. The molecule has 0 bridgehead atoms. The molecule has 0 saturated carbocycles. The van der Waals surface area contributed by atoms with Crippen molar-refractivity contribution in [2.45, 2.75) is 0 Å². The molecule has 3 heterocycles. The summed E-state index contributed by atoms with van der Waals surface area (Å²) in [6.45, 7) is 3.17. The van der Waals surface area contributed by atoms with E-state index in [1.165, 1.54) is 0 Å². The third kappa shape index (κ3) is 2.95. The Labute approximate surface area is 138 Å². The molecule has 4 rings (SSSR count). The van der Waals surface area contributed by atoms with E-state index in [0.717, 1.165) is 49.3 Å². The number of nitrogens with zero attached hydrogens (tertiary/aromatic N) is 4. The number of ether oxygens (including phenoxy) is 1. The molecule has 6 nitrogen and oxygen atoms in total. The second-order valence-corrected chi connectivity index (χ2v) is 5.78. The SMILES string of the molecule is Clc1cccc(Nc2cnc3ccc(N4CCOCC4)nn23)c1. The number of rotatable bonds is 3. The fourth-order valence-corrected chi connectivity index (χ4v) is 2.81. The lowest BCUT2D eigenvalue weighted by molar-refractivity contribution is 0.122. The number of benzene rings is 1. The van der Waals surface area contributed by atoms with Crippen molar-refractivity contribution >= 4 is 34.6 Å². The normalized spacial score (nSPS) is 15.1. The third-order valence-corrected chi connectivity index (χ3v) is 4.02. The molecule has 2 aromatic heterocycles. The van der Waals surface area contributed by atoms with Crippen LogP contribution in [-0.2, 0) is 4.74 Å². The zero-order valence-electron chi connectivity index (χ0n) is 12.4. The van der Waals surface area contributed by atoms with Gasteiger partial charge >= 0.3 is 0 Å². The van der Waals surface area contributed by atoms with Gasteiger partial charge in [0.15, 0.2) is 11.5 Å². The summed E-state index contributed by atoms with van der Waals surface area (Å²) >= 11 is 6.03. The molecule has 0 amide bonds. The summed E-state index contributed by atoms with van der Waals surface area (Å²) in [6, 6.07) is 11.5. The van der Waals surface area contributed by atoms with E-state index in [2.05, 4.69) is 15.2 Å². The van der Waals surface area contributed by atoms with E-state index in [0.29, 0.717) is 5.02 Å². The molecular weight excluding hydrogens is 314 g/mol. The van der Waals surface area contributed by atoms with Gasteiger partial charge in [-0.1, -0.05) is 17.7 Å². The van der Waals surface area contributed by atoms with Gasteiger partial charge in [0.05, 0.1) is 19.4 Å². The topological polar surface area (TPSA) is 54.7 Å². The van der Waals surface area contributed by atoms with Crippen molar-refractivity contribution in [3.63, 3.8) is 0 Å². The molecule has 3 aromatic rings. The first-order valence-electron chi connectivity index (χ1n) is 7.50. The number of fused-ring (bicyclic) bond motifs is 1. The Kier molecular flexibility index (Phi) is 3.77. The van der Waals surface area contributed by atoms with Crippen molar-refractivity contribution in [1.29, 1.82) is 0 Å². The molecule has 1 aliphatic rings. The minimum atomic E-state index is 0.686. The van der Waals surface area contributed by atoms with E-state index >= 15 is 0 Å². The van der Waals surface area contributed by atoms with Crippen LogP contribution in [0.1, 0.15) is 0 Å². The highest BCUT2D eigenvalue weighted by Gasteiger charge is 2.14. The highest BCUT2D eigenvalue weighted by Crippen LogP contribution is 2.22. The summed E-state index contributed by atoms with van der Waals surface area (Å²) in [5, 5.41) is 8.70. The zero-order valence-corrected chi connectivity index (χ0v) is 13.2. The van der Waals surface area contributed by atoms with E-state index in [-0.39, 0.29) is 0 Å². The van der Waals surface area contributed by atoms with Crippen molar-refractivity contribution in [1.82, 2.24) is 14.6 Å². The Balaban J connectivity index is 1.67. The lowest BCUT2D eigenvalue weighted by Gasteiger charge is -2.27. The predicted molar refractivity (Wildman–Crippen MR) is 90.8 cm³/mol. The van der Waals surface area contributed by atoms with Gasteiger partial charge in [0, 0.05) is 23.8 Å². The van der Waals surface area contributed by atoms with Crippen LogP contribution in [0.4, 0.5) is 17.3 Å². The number of hydrogen-bond acceptors (Lipinski definition) is 5. The van der Waals surface area contributed by atoms with Crippen LogP contribution in [0, 0.1) is 0 Å². The molecule has 1 aromatic carbocycles. The largest absolute Gasteiger partial charge is 0.378 e. The van der Waals surface area contributed by atoms with Gasteiger partial charge in [0.1, 0.15) is 5.82 Å². The average Bonchev–Trinajstić information content (AvgIpc) is 2.98. The summed E-state index contributed by atoms with van der Waals surface area (Å²) in [5.74, 6) is 1.73. The van der Waals surface area contributed by atoms with Crippen molar-refractivity contribution in [2.24, 2.45) is 0 Å². The summed E-state index contributed by atoms with van der Waals surface area (Å²) < 4.78 is 7.21. The first-order chi connectivity index (χ1) is 11.3. The summed E-state index contributed by atoms with van der Waals surface area (Å²) in [4.78, 5) is 6.60. The molecular formula is C16H16ClN5O. The quantitative estimate of drug-likeness (QED) is 0.800. The van der Waals surface area contributed by atoms with Gasteiger partial charge in [-0.3, -0.25) is 0 Å². The minimum absolute atomic E-state index is 0.686. The molecule has 1 aliphatic heterocycles. The number of anilines is 3. The molecule has 118 valence electrons. The van der Waals surface area contributed by atoms with E-state index in [4.69, 9.17) is 21.4 Å². The van der Waals surface area contributed by atoms with Gasteiger partial charge in [-0.2, -0.15) is 4.52 Å². The van der Waals surface area contributed by atoms with Crippen molar-refractivity contribution in [2.75, 3.05) is 36.5 Å². The fraction of sp³-hybridized carbons (Fsp3) is 0.250. The van der Waals surface area contributed by atoms with Gasteiger partial charge in [-0.15, -0.1) is 5.10 Å². The lowest BCUT2D eigenvalue weighted by Crippen LogP contribution is -2.37. The number of aromatic nitrogens is 3. The van der Waals surface area contributed by atoms with E-state index in [9.17, 15) is 0 Å². The number of morpholine rings is 1. The Hall–Kier alpha value is -2.31. The molecule has 0 unspecified atom stereocenters. The van der Waals surface area contributed by atoms with Gasteiger partial charge in [0.2, 0.25) is 0 Å². The lowest BCUT2D eigenvalue weighted by atomic mass is 10.3. The van der Waals surface area contributed by atoms with Crippen LogP contribution in [0.2, 0.25) is 5.02 Å². The van der Waals surface area contributed by atoms with Crippen molar-refractivity contribution in [3.05, 3.63) is 47.6 Å². The molecule has 0 atom stereocenters. The van der Waals surface area contributed by atoms with Crippen LogP contribution in [0.15, 0.2) is 42.6 Å². The van der Waals surface area contributed by atoms with Gasteiger partial charge in [-0.05, 0) is 30.3 Å². The smallest absolute Gasteiger partial charge is 0.156 e. The maximum Gasteiger partial charge on any atom is 0.156 e. The second-order valence-electron chi connectivity index (χ2n) is 5.34. The van der Waals surface area contributed by atoms with Gasteiger partial charge in [-0.25, -0.2) is 4.98 Å². The van der Waals surface area contributed by atoms with Crippen LogP contribution in [0.25, 0.3) is 5.65 Å². The molecule has 0 spiro atoms. The number of hydrogen-bond donors (Lipinski definition) is 1. The Bertz CT molecular complexity index is 828. The average molecular weight is 330 g/mol. The maximum atomic E-state index is 6.03. The Morgan fingerprint density at radius 3 is 2.83 bits per heavy atom. The molecule has 0 radical (unpaired) electrons. The molecule has 0 aliphatic carbocycles. The maximum absolute atomic E-state index is 6.03. The van der Waals surface area contributed by atoms with E-state index in [1.807, 2.05) is 40.9 Å². The van der Waals surface area contributed by atoms with Crippen LogP contribution in [0.5, 0.6) is 0 Å². The van der Waals surface area contributed by atoms with Gasteiger partial charge < -0.3 is 15.0 Å². The number of imidazole rings is 1. The molecule has 23 heavy (non-hydrogen) atoms. The third-order valence-electron chi connectivity index (χ3n) is 3.78. The number of halogens is 1. The molecule has 7 heteroatoms. The highest BCUT2D eigenvalue weighted by atomic mass is 35.5. The number of nitrogens with one attached hydrogen (secondary N) is 1. The summed E-state index contributed by atoms with van der Waals surface area (Å²) in [5.41, 5.74) is 1.70. The van der Waals surface area contributed by atoms with E-state index < -0.39 is 0 Å². The first kappa shape index (κ1) is 14.3. The standard InChI is InChI=1S/C16H16ClN5O/c17-12-2-1-3-13(10-12)19-16-11-18-14-4-5-15(20-22(14)16)21-6-8-23-9-7-21/h1-5,10-11,19H,6-9H2. The molecule has 1 saturated heterocycles. The van der Waals surface area contributed by atoms with Crippen molar-refractivity contribution < 1.29 is 4.74 Å². The zero-order chi connectivity index (χ0) is 15.6. The van der Waals surface area contributed by atoms with E-state index in [1.54, 1.807) is 6.20 Å². The molecule has 1 fully saturated rings. The van der Waals surface area contributed by atoms with Crippen LogP contribution < -0.4 is 10.2 Å². The Morgan fingerprint density at radius 2 is 2.00 bits per heavy atom. The Morgan fingerprint density at radius 1 is 1.13 bits per heavy atom. The summed E-state index contributed by atoms with van der Waals surface area (Å²) in [6.07, 6.45) is 1.77. The van der Waals surface area contributed by atoms with Gasteiger partial charge in [0.25, 0.3) is 0 Å². The van der Waals surface area contributed by atoms with Crippen LogP contribution in [0.3, 0.4) is 0 Å². The van der Waals surface area contributed by atoms with Crippen LogP contribution >= 0.6 is 11.6 Å². The minimum Gasteiger partial charge on any atom is -0.378 e. The second kappa shape index (κ2) is 6.06. The predicted octanol–water partition coefficient (Wildman–Crippen LogP) is 2.96. The van der Waals surface area contributed by atoms with Crippen LogP contribution in [-0.4, -0.2) is 40.9 Å². The fourth-order valence-electron chi connectivity index (χ4n) is 2.62. The monoisotopic (exact) mass is 329 g/mol. The summed E-state index contributed by atoms with van der Waals surface area (Å²) in [7, 11) is 0. The highest BCUT2D eigenvalue weighted by molar-refractivity contribution is 6.30. The van der Waals surface area contributed by atoms with Crippen molar-refractivity contribution in [3.8, 4) is 0 Å². The molecule has 1 N–H and O–H groups in total.